The third kappa shape index (κ3) is 9.12. The smallest absolute Gasteiger partial charge is 0.0105 e. The quantitative estimate of drug-likeness (QED) is 0.525. The van der Waals surface area contributed by atoms with Crippen LogP contribution in [-0.2, 0) is 0 Å². The van der Waals surface area contributed by atoms with Gasteiger partial charge in [-0.05, 0) is 64.8 Å². The van der Waals surface area contributed by atoms with Crippen LogP contribution in [-0.4, -0.2) is 61.2 Å². The molecule has 0 bridgehead atoms. The van der Waals surface area contributed by atoms with Crippen molar-refractivity contribution < 1.29 is 0 Å². The molecule has 0 radical (unpaired) electrons. The van der Waals surface area contributed by atoms with Gasteiger partial charge in [-0.25, -0.2) is 0 Å². The van der Waals surface area contributed by atoms with E-state index >= 15 is 0 Å². The lowest BCUT2D eigenvalue weighted by atomic mass is 9.97. The second kappa shape index (κ2) is 13.3. The lowest BCUT2D eigenvalue weighted by Crippen LogP contribution is -2.44. The maximum absolute atomic E-state index is 3.88. The summed E-state index contributed by atoms with van der Waals surface area (Å²) in [6.07, 6.45) is 3.81. The number of hydrogen-bond donors (Lipinski definition) is 1. The first-order chi connectivity index (χ1) is 10.5. The fraction of sp³-hybridized carbons (Fsp3) is 1.00. The Morgan fingerprint density at radius 3 is 1.82 bits per heavy atom. The molecule has 3 heteroatoms. The van der Waals surface area contributed by atoms with Crippen molar-refractivity contribution in [3.63, 3.8) is 0 Å². The second-order valence-electron chi connectivity index (χ2n) is 6.71. The van der Waals surface area contributed by atoms with Gasteiger partial charge in [0.2, 0.25) is 0 Å². The fourth-order valence-electron chi connectivity index (χ4n) is 3.31. The summed E-state index contributed by atoms with van der Waals surface area (Å²) in [7, 11) is 0. The van der Waals surface area contributed by atoms with E-state index in [0.717, 1.165) is 19.0 Å². The second-order valence-corrected chi connectivity index (χ2v) is 6.71. The Labute approximate surface area is 140 Å². The molecular formula is C19H43N3. The van der Waals surface area contributed by atoms with Gasteiger partial charge in [-0.1, -0.05) is 41.5 Å². The Morgan fingerprint density at radius 1 is 0.818 bits per heavy atom. The van der Waals surface area contributed by atoms with Gasteiger partial charge in [-0.2, -0.15) is 0 Å². The molecule has 1 N–H and O–H groups in total. The summed E-state index contributed by atoms with van der Waals surface area (Å²) in [5.41, 5.74) is 0. The Bertz CT molecular complexity index is 237. The Balaban J connectivity index is 4.13. The van der Waals surface area contributed by atoms with E-state index in [2.05, 4.69) is 63.6 Å². The van der Waals surface area contributed by atoms with Crippen LogP contribution in [0.2, 0.25) is 0 Å². The fourth-order valence-corrected chi connectivity index (χ4v) is 3.31. The number of rotatable bonds is 14. The van der Waals surface area contributed by atoms with E-state index in [1.165, 1.54) is 45.4 Å². The first-order valence-corrected chi connectivity index (χ1v) is 9.72. The molecular weight excluding hydrogens is 270 g/mol. The van der Waals surface area contributed by atoms with E-state index in [9.17, 15) is 0 Å². The standard InChI is InChI=1S/C19H43N3/c1-8-19(17(6)16-22(11-4)12-5)20-18(7)14-13-15-21(9-2)10-3/h17-20H,8-16H2,1-7H3. The molecule has 0 heterocycles. The van der Waals surface area contributed by atoms with E-state index in [1.54, 1.807) is 0 Å². The van der Waals surface area contributed by atoms with Crippen molar-refractivity contribution in [3.05, 3.63) is 0 Å². The lowest BCUT2D eigenvalue weighted by Gasteiger charge is -2.31. The predicted octanol–water partition coefficient (Wildman–Crippen LogP) is 3.84. The van der Waals surface area contributed by atoms with Crippen molar-refractivity contribution in [1.29, 1.82) is 0 Å². The van der Waals surface area contributed by atoms with Crippen molar-refractivity contribution in [2.75, 3.05) is 39.3 Å². The zero-order valence-corrected chi connectivity index (χ0v) is 16.5. The van der Waals surface area contributed by atoms with Crippen molar-refractivity contribution in [2.24, 2.45) is 5.92 Å². The molecule has 3 unspecified atom stereocenters. The van der Waals surface area contributed by atoms with Gasteiger partial charge >= 0.3 is 0 Å². The normalized spacial score (nSPS) is 16.2. The minimum atomic E-state index is 0.625. The molecule has 0 aromatic carbocycles. The van der Waals surface area contributed by atoms with Gasteiger partial charge < -0.3 is 15.1 Å². The summed E-state index contributed by atoms with van der Waals surface area (Å²) in [6, 6.07) is 1.27. The molecule has 134 valence electrons. The van der Waals surface area contributed by atoms with E-state index in [0.29, 0.717) is 12.1 Å². The SMILES string of the molecule is CCC(NC(C)CCCN(CC)CC)C(C)CN(CC)CC. The molecule has 0 aliphatic heterocycles. The maximum atomic E-state index is 3.88. The lowest BCUT2D eigenvalue weighted by molar-refractivity contribution is 0.214. The molecule has 0 rings (SSSR count). The average molecular weight is 314 g/mol. The predicted molar refractivity (Wildman–Crippen MR) is 101 cm³/mol. The van der Waals surface area contributed by atoms with E-state index in [4.69, 9.17) is 0 Å². The van der Waals surface area contributed by atoms with Crippen molar-refractivity contribution in [2.45, 2.75) is 79.8 Å². The highest BCUT2D eigenvalue weighted by atomic mass is 15.1. The van der Waals surface area contributed by atoms with Gasteiger partial charge in [-0.3, -0.25) is 0 Å². The molecule has 0 aromatic rings. The van der Waals surface area contributed by atoms with Crippen LogP contribution in [0.15, 0.2) is 0 Å². The molecule has 0 fully saturated rings. The zero-order chi connectivity index (χ0) is 17.0. The Kier molecular flexibility index (Phi) is 13.3. The summed E-state index contributed by atoms with van der Waals surface area (Å²) >= 11 is 0. The summed E-state index contributed by atoms with van der Waals surface area (Å²) in [5, 5.41) is 3.88. The van der Waals surface area contributed by atoms with Gasteiger partial charge in [0.1, 0.15) is 0 Å². The number of nitrogens with zero attached hydrogens (tertiary/aromatic N) is 2. The molecule has 0 aliphatic rings. The van der Waals surface area contributed by atoms with Gasteiger partial charge in [0.25, 0.3) is 0 Å². The van der Waals surface area contributed by atoms with Crippen LogP contribution in [0.5, 0.6) is 0 Å². The molecule has 22 heavy (non-hydrogen) atoms. The Hall–Kier alpha value is -0.120. The third-order valence-electron chi connectivity index (χ3n) is 5.07. The summed E-state index contributed by atoms with van der Waals surface area (Å²) in [4.78, 5) is 5.06. The topological polar surface area (TPSA) is 18.5 Å². The molecule has 0 aliphatic carbocycles. The van der Waals surface area contributed by atoms with Crippen LogP contribution in [0.4, 0.5) is 0 Å². The van der Waals surface area contributed by atoms with Crippen LogP contribution in [0.3, 0.4) is 0 Å². The minimum Gasteiger partial charge on any atom is -0.311 e. The highest BCUT2D eigenvalue weighted by Crippen LogP contribution is 2.12. The molecule has 0 spiro atoms. The molecule has 3 nitrogen and oxygen atoms in total. The molecule has 0 amide bonds. The molecule has 0 aromatic heterocycles. The van der Waals surface area contributed by atoms with Gasteiger partial charge in [0.05, 0.1) is 0 Å². The van der Waals surface area contributed by atoms with Crippen LogP contribution in [0.25, 0.3) is 0 Å². The maximum Gasteiger partial charge on any atom is 0.0105 e. The van der Waals surface area contributed by atoms with E-state index in [1.807, 2.05) is 0 Å². The highest BCUT2D eigenvalue weighted by Gasteiger charge is 2.19. The Morgan fingerprint density at radius 2 is 1.36 bits per heavy atom. The first-order valence-electron chi connectivity index (χ1n) is 9.72. The van der Waals surface area contributed by atoms with E-state index in [-0.39, 0.29) is 0 Å². The van der Waals surface area contributed by atoms with Crippen LogP contribution in [0, 0.1) is 5.92 Å². The largest absolute Gasteiger partial charge is 0.311 e. The molecule has 0 saturated carbocycles. The highest BCUT2D eigenvalue weighted by molar-refractivity contribution is 4.78. The van der Waals surface area contributed by atoms with Crippen LogP contribution in [0.1, 0.15) is 67.7 Å². The number of nitrogens with one attached hydrogen (secondary N) is 1. The zero-order valence-electron chi connectivity index (χ0n) is 16.5. The third-order valence-corrected chi connectivity index (χ3v) is 5.07. The van der Waals surface area contributed by atoms with Crippen LogP contribution < -0.4 is 5.32 Å². The van der Waals surface area contributed by atoms with Gasteiger partial charge in [0, 0.05) is 18.6 Å². The van der Waals surface area contributed by atoms with Crippen molar-refractivity contribution in [3.8, 4) is 0 Å². The monoisotopic (exact) mass is 313 g/mol. The minimum absolute atomic E-state index is 0.625. The average Bonchev–Trinajstić information content (AvgIpc) is 2.54. The number of hydrogen-bond acceptors (Lipinski definition) is 3. The van der Waals surface area contributed by atoms with Crippen molar-refractivity contribution in [1.82, 2.24) is 15.1 Å². The van der Waals surface area contributed by atoms with Crippen LogP contribution >= 0.6 is 0 Å². The van der Waals surface area contributed by atoms with E-state index < -0.39 is 0 Å². The summed E-state index contributed by atoms with van der Waals surface area (Å²) in [5.74, 6) is 0.718. The van der Waals surface area contributed by atoms with Gasteiger partial charge in [-0.15, -0.1) is 0 Å². The van der Waals surface area contributed by atoms with Gasteiger partial charge in [0.15, 0.2) is 0 Å². The summed E-state index contributed by atoms with van der Waals surface area (Å²) in [6.45, 7) is 23.3. The summed E-state index contributed by atoms with van der Waals surface area (Å²) < 4.78 is 0. The molecule has 0 saturated heterocycles. The first kappa shape index (κ1) is 21.9. The van der Waals surface area contributed by atoms with Crippen molar-refractivity contribution >= 4 is 0 Å². The molecule has 3 atom stereocenters.